The van der Waals surface area contributed by atoms with Gasteiger partial charge in [-0.2, -0.15) is 0 Å². The molecule has 2 amide bonds. The van der Waals surface area contributed by atoms with Crippen LogP contribution in [-0.4, -0.2) is 48.1 Å². The predicted molar refractivity (Wildman–Crippen MR) is 100 cm³/mol. The lowest BCUT2D eigenvalue weighted by molar-refractivity contribution is -0.402. The summed E-state index contributed by atoms with van der Waals surface area (Å²) in [7, 11) is 1.28. The minimum Gasteiger partial charge on any atom is -0.462 e. The molecule has 0 saturated carbocycles. The number of fused-ring (bicyclic) bond motifs is 1. The van der Waals surface area contributed by atoms with Crippen molar-refractivity contribution in [3.05, 3.63) is 44.0 Å². The van der Waals surface area contributed by atoms with Crippen molar-refractivity contribution in [2.24, 2.45) is 0 Å². The highest BCUT2D eigenvalue weighted by molar-refractivity contribution is 7.17. The fourth-order valence-corrected chi connectivity index (χ4v) is 4.15. The first-order chi connectivity index (χ1) is 13.8. The molecule has 1 aliphatic rings. The van der Waals surface area contributed by atoms with E-state index in [1.54, 1.807) is 6.92 Å². The summed E-state index contributed by atoms with van der Waals surface area (Å²) in [6.45, 7) is 2.38. The molecule has 0 saturated heterocycles. The van der Waals surface area contributed by atoms with Crippen LogP contribution in [0, 0.1) is 10.1 Å². The number of ether oxygens (including phenoxy) is 2. The Balaban J connectivity index is 1.91. The number of hydrogen-bond donors (Lipinski definition) is 1. The number of anilines is 1. The number of nitrogens with one attached hydrogen (secondary N) is 1. The fraction of sp³-hybridized carbons (Fsp3) is 0.353. The number of carbonyl (C=O) groups excluding carboxylic acids is 3. The van der Waals surface area contributed by atoms with E-state index in [0.717, 1.165) is 17.4 Å². The van der Waals surface area contributed by atoms with Gasteiger partial charge in [0.2, 0.25) is 0 Å². The van der Waals surface area contributed by atoms with Gasteiger partial charge >= 0.3 is 17.9 Å². The van der Waals surface area contributed by atoms with Crippen molar-refractivity contribution in [3.63, 3.8) is 0 Å². The number of furan rings is 1. The topological polar surface area (TPSA) is 141 Å². The lowest BCUT2D eigenvalue weighted by atomic mass is 10.0. The minimum atomic E-state index is -0.758. The second-order valence-electron chi connectivity index (χ2n) is 5.92. The van der Waals surface area contributed by atoms with Crippen LogP contribution in [0.3, 0.4) is 0 Å². The first-order valence-corrected chi connectivity index (χ1v) is 9.37. The SMILES string of the molecule is CCOC(=O)c1c(NC(=O)c2ccc([N+](=O)[O-])o2)sc2c1CCN(C(=O)OC)C2. The maximum absolute atomic E-state index is 12.5. The molecule has 3 heterocycles. The van der Waals surface area contributed by atoms with Crippen LogP contribution in [0.25, 0.3) is 0 Å². The zero-order valence-corrected chi connectivity index (χ0v) is 16.4. The normalized spacial score (nSPS) is 12.8. The van der Waals surface area contributed by atoms with Gasteiger partial charge in [-0.1, -0.05) is 0 Å². The molecule has 0 radical (unpaired) electrons. The number of hydrogen-bond acceptors (Lipinski definition) is 9. The van der Waals surface area contributed by atoms with Crippen LogP contribution >= 0.6 is 11.3 Å². The van der Waals surface area contributed by atoms with Crippen LogP contribution in [-0.2, 0) is 22.4 Å². The molecule has 154 valence electrons. The van der Waals surface area contributed by atoms with Crippen molar-refractivity contribution >= 4 is 40.2 Å². The van der Waals surface area contributed by atoms with Gasteiger partial charge < -0.3 is 24.1 Å². The summed E-state index contributed by atoms with van der Waals surface area (Å²) in [5, 5.41) is 13.5. The molecule has 1 aliphatic heterocycles. The van der Waals surface area contributed by atoms with Gasteiger partial charge in [0.1, 0.15) is 9.92 Å². The number of rotatable bonds is 5. The Bertz CT molecular complexity index is 979. The van der Waals surface area contributed by atoms with E-state index in [9.17, 15) is 24.5 Å². The Morgan fingerprint density at radius 3 is 2.76 bits per heavy atom. The van der Waals surface area contributed by atoms with Crippen LogP contribution in [0.4, 0.5) is 15.7 Å². The molecule has 0 aromatic carbocycles. The van der Waals surface area contributed by atoms with E-state index in [-0.39, 0.29) is 29.5 Å². The van der Waals surface area contributed by atoms with Gasteiger partial charge in [0.15, 0.2) is 5.76 Å². The maximum atomic E-state index is 12.5. The van der Waals surface area contributed by atoms with Crippen molar-refractivity contribution in [2.45, 2.75) is 19.9 Å². The zero-order valence-electron chi connectivity index (χ0n) is 15.6. The number of nitrogens with zero attached hydrogens (tertiary/aromatic N) is 2. The van der Waals surface area contributed by atoms with Crippen LogP contribution in [0.2, 0.25) is 0 Å². The Morgan fingerprint density at radius 1 is 1.38 bits per heavy atom. The third-order valence-electron chi connectivity index (χ3n) is 4.19. The van der Waals surface area contributed by atoms with E-state index in [4.69, 9.17) is 13.9 Å². The third-order valence-corrected chi connectivity index (χ3v) is 5.32. The molecule has 0 fully saturated rings. The number of amides is 2. The predicted octanol–water partition coefficient (Wildman–Crippen LogP) is 2.80. The fourth-order valence-electron chi connectivity index (χ4n) is 2.91. The van der Waals surface area contributed by atoms with E-state index >= 15 is 0 Å². The van der Waals surface area contributed by atoms with Crippen molar-refractivity contribution in [1.29, 1.82) is 0 Å². The Morgan fingerprint density at radius 2 is 2.14 bits per heavy atom. The van der Waals surface area contributed by atoms with E-state index in [1.807, 2.05) is 0 Å². The summed E-state index contributed by atoms with van der Waals surface area (Å²) in [5.74, 6) is -2.18. The highest BCUT2D eigenvalue weighted by atomic mass is 32.1. The summed E-state index contributed by atoms with van der Waals surface area (Å²) in [6.07, 6.45) is -0.104. The van der Waals surface area contributed by atoms with Crippen LogP contribution in [0.5, 0.6) is 0 Å². The molecule has 2 aromatic rings. The first kappa shape index (κ1) is 20.3. The quantitative estimate of drug-likeness (QED) is 0.440. The van der Waals surface area contributed by atoms with Gasteiger partial charge in [0, 0.05) is 11.4 Å². The molecule has 0 bridgehead atoms. The summed E-state index contributed by atoms with van der Waals surface area (Å²) >= 11 is 1.13. The Labute approximate surface area is 168 Å². The van der Waals surface area contributed by atoms with E-state index in [1.165, 1.54) is 18.1 Å². The monoisotopic (exact) mass is 423 g/mol. The largest absolute Gasteiger partial charge is 0.462 e. The lowest BCUT2D eigenvalue weighted by Crippen LogP contribution is -2.35. The van der Waals surface area contributed by atoms with Gasteiger partial charge in [-0.05, 0) is 25.0 Å². The molecule has 1 N–H and O–H groups in total. The van der Waals surface area contributed by atoms with Gasteiger partial charge in [-0.25, -0.2) is 9.59 Å². The molecule has 0 atom stereocenters. The number of methoxy groups -OCH3 is 1. The average Bonchev–Trinajstić information content (AvgIpc) is 3.31. The Hall–Kier alpha value is -3.41. The standard InChI is InChI=1S/C17H17N3O8S/c1-3-27-16(22)13-9-6-7-19(17(23)26-2)8-11(9)29-15(13)18-14(21)10-4-5-12(28-10)20(24)25/h4-5H,3,6-8H2,1-2H3,(H,18,21). The van der Waals surface area contributed by atoms with E-state index in [0.29, 0.717) is 23.4 Å². The van der Waals surface area contributed by atoms with Gasteiger partial charge in [-0.15, -0.1) is 11.3 Å². The number of carbonyl (C=O) groups is 3. The zero-order chi connectivity index (χ0) is 21.1. The lowest BCUT2D eigenvalue weighted by Gasteiger charge is -2.25. The molecule has 3 rings (SSSR count). The van der Waals surface area contributed by atoms with Gasteiger partial charge in [0.25, 0.3) is 5.91 Å². The number of nitro groups is 1. The molecule has 12 heteroatoms. The second-order valence-corrected chi connectivity index (χ2v) is 7.02. The highest BCUT2D eigenvalue weighted by Gasteiger charge is 2.32. The summed E-state index contributed by atoms with van der Waals surface area (Å²) < 4.78 is 14.7. The minimum absolute atomic E-state index is 0.148. The van der Waals surface area contributed by atoms with Crippen molar-refractivity contribution < 1.29 is 33.2 Å². The van der Waals surface area contributed by atoms with Crippen LogP contribution in [0.1, 0.15) is 38.3 Å². The molecular formula is C17H17N3O8S. The van der Waals surface area contributed by atoms with E-state index < -0.39 is 28.8 Å². The maximum Gasteiger partial charge on any atom is 0.433 e. The number of thiophene rings is 1. The first-order valence-electron chi connectivity index (χ1n) is 8.55. The average molecular weight is 423 g/mol. The molecule has 0 unspecified atom stereocenters. The summed E-state index contributed by atoms with van der Waals surface area (Å²) in [6, 6.07) is 2.23. The van der Waals surface area contributed by atoms with Crippen molar-refractivity contribution in [1.82, 2.24) is 4.90 Å². The van der Waals surface area contributed by atoms with Crippen LogP contribution < -0.4 is 5.32 Å². The summed E-state index contributed by atoms with van der Waals surface area (Å²) in [4.78, 5) is 48.9. The smallest absolute Gasteiger partial charge is 0.433 e. The van der Waals surface area contributed by atoms with Crippen LogP contribution in [0.15, 0.2) is 16.5 Å². The van der Waals surface area contributed by atoms with Gasteiger partial charge in [0.05, 0.1) is 31.9 Å². The molecular weight excluding hydrogens is 406 g/mol. The van der Waals surface area contributed by atoms with Gasteiger partial charge in [-0.3, -0.25) is 14.9 Å². The Kier molecular flexibility index (Phi) is 5.82. The summed E-state index contributed by atoms with van der Waals surface area (Å²) in [5.41, 5.74) is 0.903. The molecule has 29 heavy (non-hydrogen) atoms. The molecule has 2 aromatic heterocycles. The second kappa shape index (κ2) is 8.31. The number of esters is 1. The van der Waals surface area contributed by atoms with Crippen molar-refractivity contribution in [2.75, 3.05) is 25.6 Å². The molecule has 0 spiro atoms. The third kappa shape index (κ3) is 4.06. The highest BCUT2D eigenvalue weighted by Crippen LogP contribution is 2.38. The van der Waals surface area contributed by atoms with Crippen molar-refractivity contribution in [3.8, 4) is 0 Å². The van der Waals surface area contributed by atoms with E-state index in [2.05, 4.69) is 5.32 Å². The molecule has 0 aliphatic carbocycles. The molecule has 11 nitrogen and oxygen atoms in total.